The van der Waals surface area contributed by atoms with Crippen LogP contribution in [0.2, 0.25) is 0 Å². The van der Waals surface area contributed by atoms with Crippen molar-refractivity contribution in [2.24, 2.45) is 0 Å². The van der Waals surface area contributed by atoms with Gasteiger partial charge in [0.05, 0.1) is 24.2 Å². The SMILES string of the molecule is CC1NC(C)C(C)[NH+]([O-])C1C. The Morgan fingerprint density at radius 2 is 1.36 bits per heavy atom. The highest BCUT2D eigenvalue weighted by molar-refractivity contribution is 4.81. The van der Waals surface area contributed by atoms with E-state index in [2.05, 4.69) is 19.2 Å². The molecule has 0 aliphatic carbocycles. The number of hydrogen-bond acceptors (Lipinski definition) is 2. The second-order valence-electron chi connectivity index (χ2n) is 3.72. The van der Waals surface area contributed by atoms with E-state index < -0.39 is 0 Å². The Hall–Kier alpha value is -0.120. The molecule has 1 fully saturated rings. The quantitative estimate of drug-likeness (QED) is 0.468. The fraction of sp³-hybridized carbons (Fsp3) is 1.00. The number of hydroxylamine groups is 2. The van der Waals surface area contributed by atoms with E-state index in [4.69, 9.17) is 0 Å². The monoisotopic (exact) mass is 158 g/mol. The molecule has 0 saturated carbocycles. The van der Waals surface area contributed by atoms with Crippen LogP contribution in [-0.4, -0.2) is 24.2 Å². The number of quaternary nitrogens is 1. The molecule has 2 N–H and O–H groups in total. The Labute approximate surface area is 68.3 Å². The zero-order valence-corrected chi connectivity index (χ0v) is 7.72. The largest absolute Gasteiger partial charge is 0.634 e. The maximum Gasteiger partial charge on any atom is 0.0998 e. The summed E-state index contributed by atoms with van der Waals surface area (Å²) in [6.45, 7) is 8.15. The molecule has 1 saturated heterocycles. The summed E-state index contributed by atoms with van der Waals surface area (Å²) in [5, 5.41) is 15.3. The molecule has 0 amide bonds. The van der Waals surface area contributed by atoms with Gasteiger partial charge in [0.25, 0.3) is 0 Å². The highest BCUT2D eigenvalue weighted by atomic mass is 16.5. The number of nitrogens with one attached hydrogen (secondary N) is 2. The van der Waals surface area contributed by atoms with Gasteiger partial charge in [0.1, 0.15) is 0 Å². The molecule has 66 valence electrons. The van der Waals surface area contributed by atoms with Gasteiger partial charge in [-0.25, -0.2) is 0 Å². The Kier molecular flexibility index (Phi) is 2.52. The zero-order chi connectivity index (χ0) is 8.59. The molecule has 1 heterocycles. The van der Waals surface area contributed by atoms with Gasteiger partial charge >= 0.3 is 0 Å². The topological polar surface area (TPSA) is 39.5 Å². The Balaban J connectivity index is 2.63. The molecule has 4 unspecified atom stereocenters. The van der Waals surface area contributed by atoms with Gasteiger partial charge < -0.3 is 15.6 Å². The van der Waals surface area contributed by atoms with Crippen LogP contribution in [0, 0.1) is 5.21 Å². The van der Waals surface area contributed by atoms with E-state index in [0.29, 0.717) is 17.1 Å². The van der Waals surface area contributed by atoms with Crippen molar-refractivity contribution in [2.45, 2.75) is 51.9 Å². The van der Waals surface area contributed by atoms with Gasteiger partial charge in [-0.15, -0.1) is 0 Å². The van der Waals surface area contributed by atoms with Crippen LogP contribution in [0.5, 0.6) is 0 Å². The van der Waals surface area contributed by atoms with Crippen LogP contribution < -0.4 is 10.4 Å². The third-order valence-corrected chi connectivity index (χ3v) is 2.92. The molecule has 3 nitrogen and oxygen atoms in total. The predicted octanol–water partition coefficient (Wildman–Crippen LogP) is -0.474. The van der Waals surface area contributed by atoms with Crippen molar-refractivity contribution in [3.05, 3.63) is 5.21 Å². The molecule has 11 heavy (non-hydrogen) atoms. The number of hydrogen-bond donors (Lipinski definition) is 2. The fourth-order valence-corrected chi connectivity index (χ4v) is 1.61. The first-order valence-electron chi connectivity index (χ1n) is 4.33. The van der Waals surface area contributed by atoms with Gasteiger partial charge in [0, 0.05) is 0 Å². The molecule has 1 rings (SSSR count). The van der Waals surface area contributed by atoms with Crippen LogP contribution in [0.4, 0.5) is 0 Å². The minimum absolute atomic E-state index is 0.182. The van der Waals surface area contributed by atoms with E-state index in [1.54, 1.807) is 0 Å². The third kappa shape index (κ3) is 1.55. The molecule has 1 aliphatic heterocycles. The van der Waals surface area contributed by atoms with E-state index in [-0.39, 0.29) is 12.1 Å². The Morgan fingerprint density at radius 1 is 1.00 bits per heavy atom. The summed E-state index contributed by atoms with van der Waals surface area (Å²) in [4.78, 5) is 0. The Morgan fingerprint density at radius 3 is 1.73 bits per heavy atom. The lowest BCUT2D eigenvalue weighted by atomic mass is 10.0. The summed E-state index contributed by atoms with van der Waals surface area (Å²) >= 11 is 0. The summed E-state index contributed by atoms with van der Waals surface area (Å²) in [6, 6.07) is 1.05. The first-order valence-corrected chi connectivity index (χ1v) is 4.33. The van der Waals surface area contributed by atoms with E-state index in [0.717, 1.165) is 0 Å². The van der Waals surface area contributed by atoms with E-state index in [1.165, 1.54) is 0 Å². The molecule has 0 radical (unpaired) electrons. The van der Waals surface area contributed by atoms with Crippen molar-refractivity contribution in [3.63, 3.8) is 0 Å². The minimum atomic E-state index is 0.182. The molecule has 0 aromatic rings. The van der Waals surface area contributed by atoms with Gasteiger partial charge in [-0.1, -0.05) is 0 Å². The lowest BCUT2D eigenvalue weighted by Crippen LogP contribution is -3.19. The Bertz CT molecular complexity index is 126. The first kappa shape index (κ1) is 8.97. The predicted molar refractivity (Wildman–Crippen MR) is 45.3 cm³/mol. The van der Waals surface area contributed by atoms with Crippen LogP contribution in [0.1, 0.15) is 27.7 Å². The van der Waals surface area contributed by atoms with Crippen molar-refractivity contribution in [3.8, 4) is 0 Å². The second-order valence-corrected chi connectivity index (χ2v) is 3.72. The van der Waals surface area contributed by atoms with Crippen molar-refractivity contribution in [1.82, 2.24) is 5.32 Å². The maximum atomic E-state index is 11.5. The summed E-state index contributed by atoms with van der Waals surface area (Å²) < 4.78 is 0. The smallest absolute Gasteiger partial charge is 0.0998 e. The summed E-state index contributed by atoms with van der Waals surface area (Å²) in [5.74, 6) is 0. The molecule has 0 aromatic carbocycles. The van der Waals surface area contributed by atoms with Gasteiger partial charge in [0.2, 0.25) is 0 Å². The molecule has 0 aromatic heterocycles. The summed E-state index contributed by atoms with van der Waals surface area (Å²) in [6.07, 6.45) is 0. The zero-order valence-electron chi connectivity index (χ0n) is 7.72. The highest BCUT2D eigenvalue weighted by Crippen LogP contribution is 2.00. The molecule has 1 aliphatic rings. The standard InChI is InChI=1S/C8H18N2O/c1-5-7(3)10(11)8(4)6(2)9-5/h5-10H,1-4H3. The number of rotatable bonds is 0. The van der Waals surface area contributed by atoms with E-state index in [1.807, 2.05) is 13.8 Å². The molecule has 4 atom stereocenters. The van der Waals surface area contributed by atoms with Crippen LogP contribution in [-0.2, 0) is 0 Å². The van der Waals surface area contributed by atoms with Gasteiger partial charge in [-0.2, -0.15) is 0 Å². The second kappa shape index (κ2) is 3.09. The lowest BCUT2D eigenvalue weighted by molar-refractivity contribution is -0.906. The van der Waals surface area contributed by atoms with E-state index in [9.17, 15) is 5.21 Å². The fourth-order valence-electron chi connectivity index (χ4n) is 1.61. The molecule has 3 heteroatoms. The maximum absolute atomic E-state index is 11.5. The van der Waals surface area contributed by atoms with Gasteiger partial charge in [-0.3, -0.25) is 0 Å². The van der Waals surface area contributed by atoms with Gasteiger partial charge in [0.15, 0.2) is 0 Å². The van der Waals surface area contributed by atoms with Crippen molar-refractivity contribution >= 4 is 0 Å². The third-order valence-electron chi connectivity index (χ3n) is 2.92. The lowest BCUT2D eigenvalue weighted by Gasteiger charge is -2.46. The summed E-state index contributed by atoms with van der Waals surface area (Å²) in [5.41, 5.74) is 0. The van der Waals surface area contributed by atoms with Crippen molar-refractivity contribution < 1.29 is 5.06 Å². The van der Waals surface area contributed by atoms with E-state index >= 15 is 0 Å². The van der Waals surface area contributed by atoms with Crippen molar-refractivity contribution in [2.75, 3.05) is 0 Å². The molecule has 0 bridgehead atoms. The molecular weight excluding hydrogens is 140 g/mol. The minimum Gasteiger partial charge on any atom is -0.634 e. The van der Waals surface area contributed by atoms with Crippen LogP contribution in [0.25, 0.3) is 0 Å². The van der Waals surface area contributed by atoms with Crippen molar-refractivity contribution in [1.29, 1.82) is 0 Å². The van der Waals surface area contributed by atoms with Crippen LogP contribution >= 0.6 is 0 Å². The van der Waals surface area contributed by atoms with Crippen LogP contribution in [0.3, 0.4) is 0 Å². The summed E-state index contributed by atoms with van der Waals surface area (Å²) in [7, 11) is 0. The van der Waals surface area contributed by atoms with Crippen LogP contribution in [0.15, 0.2) is 0 Å². The average Bonchev–Trinajstić information content (AvgIpc) is 1.97. The normalized spacial score (nSPS) is 52.6. The van der Waals surface area contributed by atoms with Gasteiger partial charge in [-0.05, 0) is 27.7 Å². The molecule has 0 spiro atoms. The highest BCUT2D eigenvalue weighted by Gasteiger charge is 2.32. The average molecular weight is 158 g/mol. The molecular formula is C8H18N2O. The first-order chi connectivity index (χ1) is 5.04. The number of piperazine rings is 1.